The molecule has 1 atom stereocenters. The molecule has 178 valence electrons. The van der Waals surface area contributed by atoms with E-state index in [-0.39, 0.29) is 12.1 Å². The van der Waals surface area contributed by atoms with Crippen molar-refractivity contribution < 1.29 is 14.6 Å². The minimum Gasteiger partial charge on any atom is -0.439 e. The maximum Gasteiger partial charge on any atom is 0.227 e. The van der Waals surface area contributed by atoms with Gasteiger partial charge < -0.3 is 14.6 Å². The Morgan fingerprint density at radius 2 is 1.70 bits per heavy atom. The number of hydrogen-bond donors (Lipinski definition) is 1. The first-order valence-corrected chi connectivity index (χ1v) is 11.7. The smallest absolute Gasteiger partial charge is 0.227 e. The number of halogens is 1. The van der Waals surface area contributed by atoms with E-state index in [4.69, 9.17) is 26.2 Å². The van der Waals surface area contributed by atoms with Crippen LogP contribution in [0.1, 0.15) is 39.0 Å². The second kappa shape index (κ2) is 11.7. The molecule has 0 radical (unpaired) electrons. The van der Waals surface area contributed by atoms with Crippen LogP contribution in [0.4, 0.5) is 0 Å². The van der Waals surface area contributed by atoms with Gasteiger partial charge in [-0.15, -0.1) is 0 Å². The van der Waals surface area contributed by atoms with Crippen molar-refractivity contribution in [1.29, 1.82) is 0 Å². The van der Waals surface area contributed by atoms with Crippen molar-refractivity contribution in [2.45, 2.75) is 59.4 Å². The Bertz CT molecular complexity index is 1000. The molecule has 33 heavy (non-hydrogen) atoms. The lowest BCUT2D eigenvalue weighted by molar-refractivity contribution is -0.0137. The second-order valence-electron chi connectivity index (χ2n) is 8.73. The summed E-state index contributed by atoms with van der Waals surface area (Å²) >= 11 is 6.06. The number of rotatable bonds is 11. The molecule has 0 saturated carbocycles. The van der Waals surface area contributed by atoms with Crippen molar-refractivity contribution in [2.24, 2.45) is 0 Å². The van der Waals surface area contributed by atoms with E-state index >= 15 is 0 Å². The number of aromatic nitrogens is 2. The lowest BCUT2D eigenvalue weighted by Crippen LogP contribution is -2.39. The Balaban J connectivity index is 1.93. The van der Waals surface area contributed by atoms with Gasteiger partial charge in [-0.05, 0) is 71.0 Å². The third kappa shape index (κ3) is 7.05. The summed E-state index contributed by atoms with van der Waals surface area (Å²) in [4.78, 5) is 2.21. The summed E-state index contributed by atoms with van der Waals surface area (Å²) in [6.07, 6.45) is -0.502. The SMILES string of the molecule is Cc1nn(-c2ccccc2)c(Oc2ccc(Cl)cc2)c1CN(C[C@H](O)COC(C)C)C(C)C. The molecular formula is C26H34ClN3O3. The molecule has 3 rings (SSSR count). The Morgan fingerprint density at radius 1 is 1.03 bits per heavy atom. The summed E-state index contributed by atoms with van der Waals surface area (Å²) in [5, 5.41) is 16.0. The molecule has 0 spiro atoms. The van der Waals surface area contributed by atoms with Gasteiger partial charge in [-0.2, -0.15) is 5.10 Å². The summed E-state index contributed by atoms with van der Waals surface area (Å²) in [6, 6.07) is 17.4. The van der Waals surface area contributed by atoms with Crippen LogP contribution < -0.4 is 4.74 Å². The molecule has 0 saturated heterocycles. The van der Waals surface area contributed by atoms with Crippen LogP contribution in [0.15, 0.2) is 54.6 Å². The van der Waals surface area contributed by atoms with Crippen LogP contribution in [-0.2, 0) is 11.3 Å². The van der Waals surface area contributed by atoms with Gasteiger partial charge >= 0.3 is 0 Å². The van der Waals surface area contributed by atoms with Crippen LogP contribution in [0, 0.1) is 6.92 Å². The molecule has 0 unspecified atom stereocenters. The Kier molecular flexibility index (Phi) is 8.92. The van der Waals surface area contributed by atoms with Gasteiger partial charge in [0.25, 0.3) is 0 Å². The molecule has 1 aromatic heterocycles. The third-order valence-electron chi connectivity index (χ3n) is 5.32. The number of benzene rings is 2. The Labute approximate surface area is 201 Å². The van der Waals surface area contributed by atoms with Crippen LogP contribution in [0.25, 0.3) is 5.69 Å². The molecule has 1 heterocycles. The van der Waals surface area contributed by atoms with Crippen LogP contribution >= 0.6 is 11.6 Å². The van der Waals surface area contributed by atoms with Gasteiger partial charge in [-0.1, -0.05) is 29.8 Å². The molecule has 0 aliphatic rings. The summed E-state index contributed by atoms with van der Waals surface area (Å²) in [5.41, 5.74) is 2.76. The second-order valence-corrected chi connectivity index (χ2v) is 9.17. The highest BCUT2D eigenvalue weighted by molar-refractivity contribution is 6.30. The maximum atomic E-state index is 10.5. The summed E-state index contributed by atoms with van der Waals surface area (Å²) in [7, 11) is 0. The molecule has 0 fully saturated rings. The van der Waals surface area contributed by atoms with Crippen LogP contribution in [0.2, 0.25) is 5.02 Å². The zero-order valence-corrected chi connectivity index (χ0v) is 20.8. The van der Waals surface area contributed by atoms with Crippen LogP contribution in [-0.4, -0.2) is 51.2 Å². The number of aliphatic hydroxyl groups excluding tert-OH is 1. The minimum atomic E-state index is -0.583. The maximum absolute atomic E-state index is 10.5. The van der Waals surface area contributed by atoms with Crippen molar-refractivity contribution in [1.82, 2.24) is 14.7 Å². The largest absolute Gasteiger partial charge is 0.439 e. The molecule has 6 nitrogen and oxygen atoms in total. The van der Waals surface area contributed by atoms with Crippen molar-refractivity contribution in [3.63, 3.8) is 0 Å². The summed E-state index contributed by atoms with van der Waals surface area (Å²) in [6.45, 7) is 11.5. The highest BCUT2D eigenvalue weighted by Gasteiger charge is 2.24. The van der Waals surface area contributed by atoms with E-state index in [1.807, 2.05) is 67.9 Å². The lowest BCUT2D eigenvalue weighted by atomic mass is 10.2. The quantitative estimate of drug-likeness (QED) is 0.393. The predicted octanol–water partition coefficient (Wildman–Crippen LogP) is 5.62. The molecule has 0 bridgehead atoms. The Morgan fingerprint density at radius 3 is 2.30 bits per heavy atom. The molecule has 1 N–H and O–H groups in total. The zero-order valence-electron chi connectivity index (χ0n) is 20.0. The van der Waals surface area contributed by atoms with Gasteiger partial charge in [-0.3, -0.25) is 4.90 Å². The van der Waals surface area contributed by atoms with Crippen molar-refractivity contribution in [3.05, 3.63) is 70.9 Å². The lowest BCUT2D eigenvalue weighted by Gasteiger charge is -2.29. The molecule has 0 aliphatic carbocycles. The molecule has 3 aromatic rings. The van der Waals surface area contributed by atoms with Crippen molar-refractivity contribution in [3.8, 4) is 17.3 Å². The van der Waals surface area contributed by atoms with Crippen molar-refractivity contribution >= 4 is 11.6 Å². The monoisotopic (exact) mass is 471 g/mol. The first kappa shape index (κ1) is 25.2. The summed E-state index contributed by atoms with van der Waals surface area (Å²) < 4.78 is 13.8. The first-order chi connectivity index (χ1) is 15.7. The number of ether oxygens (including phenoxy) is 2. The highest BCUT2D eigenvalue weighted by Crippen LogP contribution is 2.32. The number of aliphatic hydroxyl groups is 1. The highest BCUT2D eigenvalue weighted by atomic mass is 35.5. The van der Waals surface area contributed by atoms with E-state index in [1.54, 1.807) is 12.1 Å². The van der Waals surface area contributed by atoms with E-state index < -0.39 is 6.10 Å². The topological polar surface area (TPSA) is 59.8 Å². The third-order valence-corrected chi connectivity index (χ3v) is 5.58. The van der Waals surface area contributed by atoms with Gasteiger partial charge in [0.1, 0.15) is 5.75 Å². The summed E-state index contributed by atoms with van der Waals surface area (Å²) in [5.74, 6) is 1.33. The normalized spacial score (nSPS) is 12.7. The number of hydrogen-bond acceptors (Lipinski definition) is 5. The van der Waals surface area contributed by atoms with E-state index in [0.29, 0.717) is 36.3 Å². The number of para-hydroxylation sites is 1. The average molecular weight is 472 g/mol. The first-order valence-electron chi connectivity index (χ1n) is 11.4. The average Bonchev–Trinajstić information content (AvgIpc) is 3.09. The number of aryl methyl sites for hydroxylation is 1. The molecule has 7 heteroatoms. The molecular weight excluding hydrogens is 438 g/mol. The van der Waals surface area contributed by atoms with Gasteiger partial charge in [0.05, 0.1) is 35.8 Å². The van der Waals surface area contributed by atoms with Crippen LogP contribution in [0.3, 0.4) is 0 Å². The Hall–Kier alpha value is -2.38. The fraction of sp³-hybridized carbons (Fsp3) is 0.423. The van der Waals surface area contributed by atoms with E-state index in [9.17, 15) is 5.11 Å². The molecule has 0 amide bonds. The fourth-order valence-electron chi connectivity index (χ4n) is 3.47. The zero-order chi connectivity index (χ0) is 24.0. The van der Waals surface area contributed by atoms with Gasteiger partial charge in [0.15, 0.2) is 0 Å². The van der Waals surface area contributed by atoms with Crippen molar-refractivity contribution in [2.75, 3.05) is 13.2 Å². The van der Waals surface area contributed by atoms with Crippen LogP contribution in [0.5, 0.6) is 11.6 Å². The van der Waals surface area contributed by atoms with E-state index in [0.717, 1.165) is 16.9 Å². The van der Waals surface area contributed by atoms with Gasteiger partial charge in [0.2, 0.25) is 5.88 Å². The van der Waals surface area contributed by atoms with E-state index in [2.05, 4.69) is 18.7 Å². The molecule has 2 aromatic carbocycles. The standard InChI is InChI=1S/C26H34ClN3O3/c1-18(2)29(15-23(31)17-32-19(3)4)16-25-20(5)28-30(22-9-7-6-8-10-22)26(25)33-24-13-11-21(27)12-14-24/h6-14,18-19,23,31H,15-17H2,1-5H3/t23-/m0/s1. The van der Waals surface area contributed by atoms with Gasteiger partial charge in [-0.25, -0.2) is 4.68 Å². The fourth-order valence-corrected chi connectivity index (χ4v) is 3.60. The predicted molar refractivity (Wildman–Crippen MR) is 132 cm³/mol. The van der Waals surface area contributed by atoms with E-state index in [1.165, 1.54) is 0 Å². The minimum absolute atomic E-state index is 0.0814. The van der Waals surface area contributed by atoms with Gasteiger partial charge in [0, 0.05) is 24.2 Å². The number of nitrogens with zero attached hydrogens (tertiary/aromatic N) is 3. The molecule has 0 aliphatic heterocycles.